The number of nitrogens with zero attached hydrogens (tertiary/aromatic N) is 5. The normalized spacial score (nSPS) is 16.9. The van der Waals surface area contributed by atoms with Crippen LogP contribution in [0.2, 0.25) is 0 Å². The number of carbonyl (C=O) groups excluding carboxylic acids is 2. The van der Waals surface area contributed by atoms with Gasteiger partial charge in [-0.15, -0.1) is 15.3 Å². The number of anilines is 2. The van der Waals surface area contributed by atoms with E-state index in [4.69, 9.17) is 9.84 Å². The van der Waals surface area contributed by atoms with Gasteiger partial charge in [0, 0.05) is 24.2 Å². The molecule has 0 atom stereocenters. The van der Waals surface area contributed by atoms with Crippen LogP contribution >= 0.6 is 0 Å². The second-order valence-electron chi connectivity index (χ2n) is 6.97. The molecule has 0 saturated carbocycles. The van der Waals surface area contributed by atoms with Crippen molar-refractivity contribution in [3.8, 4) is 0 Å². The molecule has 0 unspecified atom stereocenters. The molecule has 2 aromatic heterocycles. The minimum Gasteiger partial charge on any atom is -0.459 e. The molecule has 4 rings (SSSR count). The number of rotatable bonds is 3. The van der Waals surface area contributed by atoms with Gasteiger partial charge < -0.3 is 9.64 Å². The van der Waals surface area contributed by atoms with E-state index in [0.717, 1.165) is 63.0 Å². The number of nitrogens with one attached hydrogen (secondary N) is 1. The van der Waals surface area contributed by atoms with E-state index in [1.165, 1.54) is 12.0 Å². The maximum Gasteiger partial charge on any atom is 0.397 e. The average Bonchev–Trinajstić information content (AvgIpc) is 3.11. The van der Waals surface area contributed by atoms with Gasteiger partial charge in [0.15, 0.2) is 11.5 Å². The second-order valence-corrected chi connectivity index (χ2v) is 6.97. The Balaban J connectivity index is 1.74. The summed E-state index contributed by atoms with van der Waals surface area (Å²) in [5.74, 6) is -0.702. The van der Waals surface area contributed by atoms with Gasteiger partial charge in [-0.25, -0.2) is 4.79 Å². The van der Waals surface area contributed by atoms with Gasteiger partial charge >= 0.3 is 11.9 Å². The topological polar surface area (TPSA) is 102 Å². The fourth-order valence-corrected chi connectivity index (χ4v) is 3.90. The van der Waals surface area contributed by atoms with E-state index >= 15 is 0 Å². The van der Waals surface area contributed by atoms with Crippen LogP contribution in [-0.2, 0) is 27.2 Å². The van der Waals surface area contributed by atoms with E-state index in [-0.39, 0.29) is 12.6 Å². The lowest BCUT2D eigenvalue weighted by Gasteiger charge is -2.31. The van der Waals surface area contributed by atoms with Crippen LogP contribution in [0.1, 0.15) is 50.2 Å². The molecule has 9 nitrogen and oxygen atoms in total. The summed E-state index contributed by atoms with van der Waals surface area (Å²) in [4.78, 5) is 26.0. The fourth-order valence-electron chi connectivity index (χ4n) is 3.90. The van der Waals surface area contributed by atoms with Crippen molar-refractivity contribution in [1.82, 2.24) is 19.8 Å². The number of hydrogen-bond donors (Lipinski definition) is 1. The Morgan fingerprint density at radius 3 is 2.52 bits per heavy atom. The van der Waals surface area contributed by atoms with Crippen molar-refractivity contribution in [3.63, 3.8) is 0 Å². The SMILES string of the molecule is CCOC(=O)C(=O)Nc1nnc2c3c(c(N4CCCCC4)nn12)CCCC3. The third-order valence-electron chi connectivity index (χ3n) is 5.18. The monoisotopic (exact) mass is 372 g/mol. The summed E-state index contributed by atoms with van der Waals surface area (Å²) in [5.41, 5.74) is 3.07. The lowest BCUT2D eigenvalue weighted by atomic mass is 9.92. The van der Waals surface area contributed by atoms with E-state index < -0.39 is 11.9 Å². The first-order valence-electron chi connectivity index (χ1n) is 9.69. The van der Waals surface area contributed by atoms with E-state index in [2.05, 4.69) is 20.4 Å². The van der Waals surface area contributed by atoms with Crippen LogP contribution in [0.5, 0.6) is 0 Å². The van der Waals surface area contributed by atoms with Crippen molar-refractivity contribution in [1.29, 1.82) is 0 Å². The summed E-state index contributed by atoms with van der Waals surface area (Å²) in [6.07, 6.45) is 7.71. The van der Waals surface area contributed by atoms with Gasteiger partial charge in [-0.3, -0.25) is 10.1 Å². The third kappa shape index (κ3) is 3.33. The number of carbonyl (C=O) groups is 2. The van der Waals surface area contributed by atoms with E-state index in [1.807, 2.05) is 0 Å². The molecule has 2 aliphatic rings. The molecule has 1 aliphatic carbocycles. The molecule has 3 heterocycles. The van der Waals surface area contributed by atoms with Gasteiger partial charge in [0.2, 0.25) is 0 Å². The number of ether oxygens (including phenoxy) is 1. The number of esters is 1. The number of hydrogen-bond acceptors (Lipinski definition) is 7. The summed E-state index contributed by atoms with van der Waals surface area (Å²) in [5, 5.41) is 15.6. The molecule has 0 bridgehead atoms. The molecule has 27 heavy (non-hydrogen) atoms. The molecular weight excluding hydrogens is 348 g/mol. The molecule has 9 heteroatoms. The smallest absolute Gasteiger partial charge is 0.397 e. The van der Waals surface area contributed by atoms with Crippen molar-refractivity contribution < 1.29 is 14.3 Å². The maximum absolute atomic E-state index is 12.0. The summed E-state index contributed by atoms with van der Waals surface area (Å²) in [6, 6.07) is 0. The predicted octanol–water partition coefficient (Wildman–Crippen LogP) is 1.49. The van der Waals surface area contributed by atoms with Crippen molar-refractivity contribution in [2.75, 3.05) is 29.9 Å². The molecule has 144 valence electrons. The van der Waals surface area contributed by atoms with Gasteiger partial charge in [0.25, 0.3) is 5.95 Å². The van der Waals surface area contributed by atoms with E-state index in [0.29, 0.717) is 5.65 Å². The lowest BCUT2D eigenvalue weighted by Crippen LogP contribution is -2.32. The first-order chi connectivity index (χ1) is 13.2. The fraction of sp³-hybridized carbons (Fsp3) is 0.611. The number of piperidine rings is 1. The zero-order valence-electron chi connectivity index (χ0n) is 15.5. The lowest BCUT2D eigenvalue weighted by molar-refractivity contribution is -0.152. The molecule has 0 spiro atoms. The Labute approximate surface area is 157 Å². The van der Waals surface area contributed by atoms with Gasteiger partial charge in [0.05, 0.1) is 6.61 Å². The Morgan fingerprint density at radius 2 is 1.78 bits per heavy atom. The van der Waals surface area contributed by atoms with Crippen LogP contribution in [0.25, 0.3) is 5.65 Å². The highest BCUT2D eigenvalue weighted by Gasteiger charge is 2.26. The van der Waals surface area contributed by atoms with Gasteiger partial charge in [-0.05, 0) is 51.9 Å². The number of aryl methyl sites for hydroxylation is 1. The van der Waals surface area contributed by atoms with Crippen LogP contribution in [0, 0.1) is 0 Å². The molecule has 1 N–H and O–H groups in total. The first-order valence-corrected chi connectivity index (χ1v) is 9.69. The molecule has 2 aromatic rings. The second kappa shape index (κ2) is 7.50. The highest BCUT2D eigenvalue weighted by atomic mass is 16.5. The maximum atomic E-state index is 12.0. The van der Waals surface area contributed by atoms with Gasteiger partial charge in [-0.1, -0.05) is 0 Å². The quantitative estimate of drug-likeness (QED) is 0.643. The predicted molar refractivity (Wildman–Crippen MR) is 98.8 cm³/mol. The highest BCUT2D eigenvalue weighted by Crippen LogP contribution is 2.33. The van der Waals surface area contributed by atoms with Crippen molar-refractivity contribution in [2.24, 2.45) is 0 Å². The number of aromatic nitrogens is 4. The minimum atomic E-state index is -0.941. The third-order valence-corrected chi connectivity index (χ3v) is 5.18. The van der Waals surface area contributed by atoms with Crippen molar-refractivity contribution >= 4 is 29.3 Å². The Kier molecular flexibility index (Phi) is 4.91. The molecule has 0 aromatic carbocycles. The summed E-state index contributed by atoms with van der Waals surface area (Å²) < 4.78 is 6.30. The van der Waals surface area contributed by atoms with Crippen LogP contribution in [0.15, 0.2) is 0 Å². The van der Waals surface area contributed by atoms with Crippen molar-refractivity contribution in [2.45, 2.75) is 51.9 Å². The Bertz CT molecular complexity index is 872. The molecule has 1 amide bonds. The highest BCUT2D eigenvalue weighted by molar-refractivity contribution is 6.37. The molecule has 1 saturated heterocycles. The first kappa shape index (κ1) is 17.7. The minimum absolute atomic E-state index is 0.137. The molecule has 0 radical (unpaired) electrons. The number of amides is 1. The average molecular weight is 372 g/mol. The van der Waals surface area contributed by atoms with Crippen LogP contribution in [0.4, 0.5) is 11.8 Å². The van der Waals surface area contributed by atoms with Crippen molar-refractivity contribution in [3.05, 3.63) is 11.1 Å². The van der Waals surface area contributed by atoms with E-state index in [9.17, 15) is 9.59 Å². The summed E-state index contributed by atoms with van der Waals surface area (Å²) in [7, 11) is 0. The Morgan fingerprint density at radius 1 is 1.04 bits per heavy atom. The zero-order valence-corrected chi connectivity index (χ0v) is 15.5. The Hall–Kier alpha value is -2.71. The van der Waals surface area contributed by atoms with Gasteiger partial charge in [0.1, 0.15) is 0 Å². The summed E-state index contributed by atoms with van der Waals surface area (Å²) >= 11 is 0. The summed E-state index contributed by atoms with van der Waals surface area (Å²) in [6.45, 7) is 3.75. The van der Waals surface area contributed by atoms with Crippen LogP contribution in [-0.4, -0.2) is 51.4 Å². The molecule has 1 aliphatic heterocycles. The van der Waals surface area contributed by atoms with Crippen LogP contribution < -0.4 is 10.2 Å². The van der Waals surface area contributed by atoms with Gasteiger partial charge in [-0.2, -0.15) is 4.52 Å². The standard InChI is InChI=1S/C18H24N6O3/c1-2-27-17(26)16(25)19-18-21-20-14-12-8-4-5-9-13(12)15(22-24(14)18)23-10-6-3-7-11-23/h2-11H2,1H3,(H,19,21,25). The van der Waals surface area contributed by atoms with E-state index in [1.54, 1.807) is 11.4 Å². The molecular formula is C18H24N6O3. The molecule has 1 fully saturated rings. The largest absolute Gasteiger partial charge is 0.459 e. The number of fused-ring (bicyclic) bond motifs is 3. The van der Waals surface area contributed by atoms with Crippen LogP contribution in [0.3, 0.4) is 0 Å². The zero-order chi connectivity index (χ0) is 18.8.